The fourth-order valence-corrected chi connectivity index (χ4v) is 4.26. The van der Waals surface area contributed by atoms with E-state index in [9.17, 15) is 4.79 Å². The lowest BCUT2D eigenvalue weighted by molar-refractivity contribution is 0.379. The number of aromatic nitrogens is 2. The maximum atomic E-state index is 13.2. The van der Waals surface area contributed by atoms with Crippen molar-refractivity contribution in [2.24, 2.45) is 0 Å². The third-order valence-electron chi connectivity index (χ3n) is 4.17. The Morgan fingerprint density at radius 3 is 2.60 bits per heavy atom. The molecule has 0 fully saturated rings. The lowest BCUT2D eigenvalue weighted by Gasteiger charge is -2.16. The molecule has 4 nitrogen and oxygen atoms in total. The SMILES string of the molecule is Cc1sc2nc(CN(C)C)n(Cc3ccc(Cl)cc3Cl)c(=O)c2c1C. The third-order valence-corrected chi connectivity index (χ3v) is 5.86. The van der Waals surface area contributed by atoms with Crippen molar-refractivity contribution in [3.8, 4) is 0 Å². The van der Waals surface area contributed by atoms with E-state index in [0.29, 0.717) is 28.5 Å². The van der Waals surface area contributed by atoms with Crippen molar-refractivity contribution in [3.05, 3.63) is 60.4 Å². The highest BCUT2D eigenvalue weighted by molar-refractivity contribution is 7.18. The van der Waals surface area contributed by atoms with E-state index in [4.69, 9.17) is 28.2 Å². The number of rotatable bonds is 4. The lowest BCUT2D eigenvalue weighted by atomic mass is 10.2. The van der Waals surface area contributed by atoms with Gasteiger partial charge in [0.1, 0.15) is 10.7 Å². The zero-order valence-electron chi connectivity index (χ0n) is 14.6. The molecule has 0 spiro atoms. The normalized spacial score (nSPS) is 11.6. The highest BCUT2D eigenvalue weighted by atomic mass is 35.5. The van der Waals surface area contributed by atoms with E-state index in [1.807, 2.05) is 38.9 Å². The van der Waals surface area contributed by atoms with Crippen LogP contribution >= 0.6 is 34.5 Å². The van der Waals surface area contributed by atoms with Gasteiger partial charge in [-0.15, -0.1) is 11.3 Å². The third kappa shape index (κ3) is 3.60. The minimum atomic E-state index is -0.0188. The van der Waals surface area contributed by atoms with Gasteiger partial charge in [-0.3, -0.25) is 9.36 Å². The second kappa shape index (κ2) is 7.08. The number of thiophene rings is 1. The molecule has 132 valence electrons. The van der Waals surface area contributed by atoms with E-state index in [1.165, 1.54) is 0 Å². The highest BCUT2D eigenvalue weighted by Crippen LogP contribution is 2.27. The van der Waals surface area contributed by atoms with Gasteiger partial charge in [0.15, 0.2) is 0 Å². The molecule has 0 aliphatic rings. The minimum Gasteiger partial charge on any atom is -0.302 e. The molecule has 0 amide bonds. The predicted octanol–water partition coefficient (Wildman–Crippen LogP) is 4.49. The van der Waals surface area contributed by atoms with Gasteiger partial charge in [0.25, 0.3) is 5.56 Å². The summed E-state index contributed by atoms with van der Waals surface area (Å²) in [5.41, 5.74) is 1.83. The van der Waals surface area contributed by atoms with Crippen LogP contribution in [0.4, 0.5) is 0 Å². The van der Waals surface area contributed by atoms with Gasteiger partial charge in [-0.25, -0.2) is 4.98 Å². The quantitative estimate of drug-likeness (QED) is 0.652. The van der Waals surface area contributed by atoms with Crippen molar-refractivity contribution in [1.29, 1.82) is 0 Å². The topological polar surface area (TPSA) is 38.1 Å². The Morgan fingerprint density at radius 2 is 1.96 bits per heavy atom. The molecule has 25 heavy (non-hydrogen) atoms. The fourth-order valence-electron chi connectivity index (χ4n) is 2.76. The summed E-state index contributed by atoms with van der Waals surface area (Å²) >= 11 is 13.9. The van der Waals surface area contributed by atoms with Gasteiger partial charge >= 0.3 is 0 Å². The van der Waals surface area contributed by atoms with Gasteiger partial charge in [0.2, 0.25) is 0 Å². The number of halogens is 2. The smallest absolute Gasteiger partial charge is 0.262 e. The van der Waals surface area contributed by atoms with E-state index in [1.54, 1.807) is 28.0 Å². The summed E-state index contributed by atoms with van der Waals surface area (Å²) in [6, 6.07) is 5.33. The predicted molar refractivity (Wildman–Crippen MR) is 106 cm³/mol. The Labute approximate surface area is 160 Å². The molecule has 3 aromatic rings. The fraction of sp³-hybridized carbons (Fsp3) is 0.333. The number of nitrogens with zero attached hydrogens (tertiary/aromatic N) is 3. The zero-order valence-corrected chi connectivity index (χ0v) is 16.9. The molecule has 0 saturated heterocycles. The molecule has 7 heteroatoms. The second-order valence-corrected chi connectivity index (χ2v) is 8.40. The van der Waals surface area contributed by atoms with Crippen LogP contribution in [0.1, 0.15) is 21.8 Å². The van der Waals surface area contributed by atoms with E-state index >= 15 is 0 Å². The molecule has 3 rings (SSSR count). The molecule has 0 N–H and O–H groups in total. The summed E-state index contributed by atoms with van der Waals surface area (Å²) in [6.07, 6.45) is 0. The first kappa shape index (κ1) is 18.4. The molecular formula is C18H19Cl2N3OS. The second-order valence-electron chi connectivity index (χ2n) is 6.36. The van der Waals surface area contributed by atoms with Crippen LogP contribution in [0.3, 0.4) is 0 Å². The number of hydrogen-bond donors (Lipinski definition) is 0. The van der Waals surface area contributed by atoms with Gasteiger partial charge in [-0.1, -0.05) is 29.3 Å². The van der Waals surface area contributed by atoms with Crippen LogP contribution in [-0.4, -0.2) is 28.5 Å². The zero-order chi connectivity index (χ0) is 18.3. The van der Waals surface area contributed by atoms with Crippen molar-refractivity contribution in [2.75, 3.05) is 14.1 Å². The van der Waals surface area contributed by atoms with Crippen LogP contribution in [0.2, 0.25) is 10.0 Å². The van der Waals surface area contributed by atoms with Crippen LogP contribution in [-0.2, 0) is 13.1 Å². The molecule has 2 aromatic heterocycles. The summed E-state index contributed by atoms with van der Waals surface area (Å²) < 4.78 is 1.72. The van der Waals surface area contributed by atoms with Crippen molar-refractivity contribution in [2.45, 2.75) is 26.9 Å². The monoisotopic (exact) mass is 395 g/mol. The Kier molecular flexibility index (Phi) is 5.21. The van der Waals surface area contributed by atoms with Gasteiger partial charge in [-0.05, 0) is 51.2 Å². The lowest BCUT2D eigenvalue weighted by Crippen LogP contribution is -2.28. The first-order valence-electron chi connectivity index (χ1n) is 7.86. The van der Waals surface area contributed by atoms with Crippen molar-refractivity contribution >= 4 is 44.8 Å². The van der Waals surface area contributed by atoms with E-state index in [0.717, 1.165) is 26.7 Å². The van der Waals surface area contributed by atoms with Crippen molar-refractivity contribution < 1.29 is 0 Å². The molecule has 1 aromatic carbocycles. The van der Waals surface area contributed by atoms with Crippen LogP contribution in [0.5, 0.6) is 0 Å². The Balaban J connectivity index is 2.21. The van der Waals surface area contributed by atoms with Gasteiger partial charge < -0.3 is 4.90 Å². The Hall–Kier alpha value is -1.40. The van der Waals surface area contributed by atoms with Gasteiger partial charge in [0, 0.05) is 14.9 Å². The number of benzene rings is 1. The van der Waals surface area contributed by atoms with Crippen LogP contribution in [0.25, 0.3) is 10.2 Å². The molecule has 0 radical (unpaired) electrons. The first-order chi connectivity index (χ1) is 11.8. The van der Waals surface area contributed by atoms with E-state index in [-0.39, 0.29) is 5.56 Å². The Morgan fingerprint density at radius 1 is 1.24 bits per heavy atom. The maximum Gasteiger partial charge on any atom is 0.262 e. The van der Waals surface area contributed by atoms with Crippen LogP contribution < -0.4 is 5.56 Å². The molecular weight excluding hydrogens is 377 g/mol. The highest BCUT2D eigenvalue weighted by Gasteiger charge is 2.17. The molecule has 0 aliphatic heterocycles. The average Bonchev–Trinajstić information content (AvgIpc) is 2.79. The summed E-state index contributed by atoms with van der Waals surface area (Å²) in [5, 5.41) is 1.83. The summed E-state index contributed by atoms with van der Waals surface area (Å²) in [4.78, 5) is 21.9. The molecule has 0 unspecified atom stereocenters. The standard InChI is InChI=1S/C18H19Cl2N3OS/c1-10-11(2)25-17-16(10)18(24)23(15(21-17)9-22(3)4)8-12-5-6-13(19)7-14(12)20/h5-7H,8-9H2,1-4H3. The largest absolute Gasteiger partial charge is 0.302 e. The van der Waals surface area contributed by atoms with Crippen LogP contribution in [0.15, 0.2) is 23.0 Å². The van der Waals surface area contributed by atoms with E-state index < -0.39 is 0 Å². The summed E-state index contributed by atoms with van der Waals surface area (Å²) in [6.45, 7) is 4.94. The number of fused-ring (bicyclic) bond motifs is 1. The number of hydrogen-bond acceptors (Lipinski definition) is 4. The van der Waals surface area contributed by atoms with E-state index in [2.05, 4.69) is 0 Å². The average molecular weight is 396 g/mol. The summed E-state index contributed by atoms with van der Waals surface area (Å²) in [7, 11) is 3.92. The molecule has 0 bridgehead atoms. The molecule has 2 heterocycles. The molecule has 0 atom stereocenters. The molecule has 0 aliphatic carbocycles. The first-order valence-corrected chi connectivity index (χ1v) is 9.43. The van der Waals surface area contributed by atoms with Crippen molar-refractivity contribution in [3.63, 3.8) is 0 Å². The summed E-state index contributed by atoms with van der Waals surface area (Å²) in [5.74, 6) is 0.731. The maximum absolute atomic E-state index is 13.2. The van der Waals surface area contributed by atoms with Gasteiger partial charge in [-0.2, -0.15) is 0 Å². The molecule has 0 saturated carbocycles. The van der Waals surface area contributed by atoms with Crippen molar-refractivity contribution in [1.82, 2.24) is 14.5 Å². The van der Waals surface area contributed by atoms with Crippen LogP contribution in [0, 0.1) is 13.8 Å². The number of aryl methyl sites for hydroxylation is 2. The Bertz CT molecular complexity index is 1010. The minimum absolute atomic E-state index is 0.0188. The van der Waals surface area contributed by atoms with Gasteiger partial charge in [0.05, 0.1) is 18.5 Å².